The summed E-state index contributed by atoms with van der Waals surface area (Å²) in [6, 6.07) is 0. The molecular formula is C18H29N. The van der Waals surface area contributed by atoms with Crippen molar-refractivity contribution in [3.63, 3.8) is 0 Å². The van der Waals surface area contributed by atoms with E-state index in [1.165, 1.54) is 48.1 Å². The molecule has 1 nitrogen and oxygen atoms in total. The Morgan fingerprint density at radius 3 is 2.47 bits per heavy atom. The second kappa shape index (κ2) is 8.04. The molecule has 0 unspecified atom stereocenters. The Bertz CT molecular complexity index is 390. The molecule has 0 aromatic rings. The van der Waals surface area contributed by atoms with E-state index in [-0.39, 0.29) is 0 Å². The minimum absolute atomic E-state index is 0.713. The third-order valence-corrected chi connectivity index (χ3v) is 3.80. The fraction of sp³-hybridized carbons (Fsp3) is 0.556. The molecule has 1 rings (SSSR count). The summed E-state index contributed by atoms with van der Waals surface area (Å²) in [5.74, 6) is 0.713. The number of hydrogen-bond donors (Lipinski definition) is 1. The third-order valence-electron chi connectivity index (χ3n) is 3.80. The van der Waals surface area contributed by atoms with E-state index in [0.29, 0.717) is 5.92 Å². The molecule has 1 heteroatoms. The first-order valence-corrected chi connectivity index (χ1v) is 7.58. The van der Waals surface area contributed by atoms with Gasteiger partial charge < -0.3 is 5.32 Å². The molecule has 0 aromatic heterocycles. The van der Waals surface area contributed by atoms with E-state index in [4.69, 9.17) is 0 Å². The summed E-state index contributed by atoms with van der Waals surface area (Å²) >= 11 is 0. The molecule has 0 saturated heterocycles. The van der Waals surface area contributed by atoms with Gasteiger partial charge in [0, 0.05) is 12.2 Å². The molecule has 19 heavy (non-hydrogen) atoms. The van der Waals surface area contributed by atoms with Crippen LogP contribution in [0.15, 0.2) is 47.2 Å². The molecule has 0 radical (unpaired) electrons. The topological polar surface area (TPSA) is 12.0 Å². The number of hydrogen-bond acceptors (Lipinski definition) is 1. The lowest BCUT2D eigenvalue weighted by atomic mass is 9.94. The van der Waals surface area contributed by atoms with E-state index in [2.05, 4.69) is 51.7 Å². The second-order valence-corrected chi connectivity index (χ2v) is 5.53. The quantitative estimate of drug-likeness (QED) is 0.624. The van der Waals surface area contributed by atoms with Gasteiger partial charge in [-0.15, -0.1) is 0 Å². The van der Waals surface area contributed by atoms with Crippen LogP contribution >= 0.6 is 0 Å². The van der Waals surface area contributed by atoms with Crippen LogP contribution in [0, 0.1) is 5.92 Å². The van der Waals surface area contributed by atoms with Gasteiger partial charge in [0.15, 0.2) is 0 Å². The maximum atomic E-state index is 3.81. The molecule has 0 aromatic carbocycles. The van der Waals surface area contributed by atoms with Crippen molar-refractivity contribution in [2.24, 2.45) is 5.92 Å². The van der Waals surface area contributed by atoms with Gasteiger partial charge >= 0.3 is 0 Å². The van der Waals surface area contributed by atoms with Crippen LogP contribution in [0.2, 0.25) is 0 Å². The first-order valence-electron chi connectivity index (χ1n) is 7.58. The normalized spacial score (nSPS) is 18.4. The molecule has 106 valence electrons. The number of rotatable bonds is 7. The maximum absolute atomic E-state index is 3.81. The highest BCUT2D eigenvalue weighted by atomic mass is 14.9. The van der Waals surface area contributed by atoms with E-state index < -0.39 is 0 Å². The Kier molecular flexibility index (Phi) is 6.69. The lowest BCUT2D eigenvalue weighted by molar-refractivity contribution is 0.483. The van der Waals surface area contributed by atoms with Crippen LogP contribution in [0.5, 0.6) is 0 Å². The molecule has 0 spiro atoms. The number of allylic oxidation sites excluding steroid dienone is 5. The monoisotopic (exact) mass is 259 g/mol. The molecule has 0 amide bonds. The Morgan fingerprint density at radius 2 is 1.95 bits per heavy atom. The molecular weight excluding hydrogens is 230 g/mol. The van der Waals surface area contributed by atoms with E-state index in [9.17, 15) is 0 Å². The highest BCUT2D eigenvalue weighted by Crippen LogP contribution is 2.26. The van der Waals surface area contributed by atoms with E-state index in [1.54, 1.807) is 0 Å². The number of nitrogens with one attached hydrogen (secondary N) is 1. The first-order chi connectivity index (χ1) is 9.12. The summed E-state index contributed by atoms with van der Waals surface area (Å²) < 4.78 is 0. The third kappa shape index (κ3) is 4.74. The molecule has 1 aliphatic heterocycles. The summed E-state index contributed by atoms with van der Waals surface area (Å²) in [5.41, 5.74) is 5.45. The lowest BCUT2D eigenvalue weighted by Crippen LogP contribution is -2.16. The van der Waals surface area contributed by atoms with E-state index in [0.717, 1.165) is 6.54 Å². The van der Waals surface area contributed by atoms with Gasteiger partial charge in [-0.25, -0.2) is 0 Å². The predicted octanol–water partition coefficient (Wildman–Crippen LogP) is 5.14. The van der Waals surface area contributed by atoms with Gasteiger partial charge in [0.1, 0.15) is 0 Å². The maximum Gasteiger partial charge on any atom is 0.0401 e. The van der Waals surface area contributed by atoms with Gasteiger partial charge in [0.25, 0.3) is 0 Å². The fourth-order valence-corrected chi connectivity index (χ4v) is 2.65. The van der Waals surface area contributed by atoms with E-state index >= 15 is 0 Å². The molecule has 0 aliphatic carbocycles. The molecule has 0 bridgehead atoms. The fourth-order valence-electron chi connectivity index (χ4n) is 2.65. The Balaban J connectivity index is 2.87. The van der Waals surface area contributed by atoms with Gasteiger partial charge in [0.2, 0.25) is 0 Å². The van der Waals surface area contributed by atoms with Crippen LogP contribution in [0.1, 0.15) is 53.4 Å². The van der Waals surface area contributed by atoms with Crippen LogP contribution in [-0.4, -0.2) is 6.54 Å². The molecule has 0 atom stereocenters. The van der Waals surface area contributed by atoms with Crippen LogP contribution < -0.4 is 5.32 Å². The zero-order chi connectivity index (χ0) is 14.3. The van der Waals surface area contributed by atoms with Crippen molar-refractivity contribution in [2.45, 2.75) is 53.4 Å². The van der Waals surface area contributed by atoms with Crippen LogP contribution in [0.3, 0.4) is 0 Å². The van der Waals surface area contributed by atoms with Gasteiger partial charge in [-0.2, -0.15) is 0 Å². The molecule has 0 saturated carbocycles. The average molecular weight is 259 g/mol. The van der Waals surface area contributed by atoms with Crippen LogP contribution in [0.25, 0.3) is 0 Å². The highest BCUT2D eigenvalue weighted by Gasteiger charge is 2.18. The van der Waals surface area contributed by atoms with Crippen molar-refractivity contribution in [3.8, 4) is 0 Å². The van der Waals surface area contributed by atoms with Crippen molar-refractivity contribution in [1.29, 1.82) is 0 Å². The molecule has 0 fully saturated rings. The van der Waals surface area contributed by atoms with Crippen LogP contribution in [-0.2, 0) is 0 Å². The zero-order valence-corrected chi connectivity index (χ0v) is 13.1. The second-order valence-electron chi connectivity index (χ2n) is 5.53. The van der Waals surface area contributed by atoms with Crippen molar-refractivity contribution >= 4 is 0 Å². The Hall–Kier alpha value is -1.24. The summed E-state index contributed by atoms with van der Waals surface area (Å²) in [5, 5.41) is 3.60. The lowest BCUT2D eigenvalue weighted by Gasteiger charge is -2.16. The minimum atomic E-state index is 0.713. The summed E-state index contributed by atoms with van der Waals surface area (Å²) in [7, 11) is 0. The molecule has 1 N–H and O–H groups in total. The van der Waals surface area contributed by atoms with Gasteiger partial charge in [-0.05, 0) is 49.8 Å². The van der Waals surface area contributed by atoms with Crippen molar-refractivity contribution in [2.75, 3.05) is 6.54 Å². The zero-order valence-electron chi connectivity index (χ0n) is 13.1. The van der Waals surface area contributed by atoms with Crippen molar-refractivity contribution in [3.05, 3.63) is 47.2 Å². The highest BCUT2D eigenvalue weighted by molar-refractivity contribution is 5.41. The largest absolute Gasteiger partial charge is 0.384 e. The summed E-state index contributed by atoms with van der Waals surface area (Å²) in [6.07, 6.45) is 11.6. The summed E-state index contributed by atoms with van der Waals surface area (Å²) in [6.45, 7) is 13.6. The van der Waals surface area contributed by atoms with Gasteiger partial charge in [-0.1, -0.05) is 51.0 Å². The Labute approximate surface area is 119 Å². The van der Waals surface area contributed by atoms with Crippen molar-refractivity contribution < 1.29 is 0 Å². The molecule has 1 aliphatic rings. The van der Waals surface area contributed by atoms with Gasteiger partial charge in [0.05, 0.1) is 0 Å². The Morgan fingerprint density at radius 1 is 1.32 bits per heavy atom. The SMILES string of the molecule is C=C/C(C)=C\C(C)=C1\C=C(C(CCC)CCC)NC1. The van der Waals surface area contributed by atoms with Gasteiger partial charge in [-0.3, -0.25) is 0 Å². The smallest absolute Gasteiger partial charge is 0.0401 e. The average Bonchev–Trinajstić information content (AvgIpc) is 2.88. The minimum Gasteiger partial charge on any atom is -0.384 e. The van der Waals surface area contributed by atoms with Crippen LogP contribution in [0.4, 0.5) is 0 Å². The predicted molar refractivity (Wildman–Crippen MR) is 86.0 cm³/mol. The summed E-state index contributed by atoms with van der Waals surface area (Å²) in [4.78, 5) is 0. The molecule has 1 heterocycles. The van der Waals surface area contributed by atoms with Crippen molar-refractivity contribution in [1.82, 2.24) is 5.32 Å². The standard InChI is InChI=1S/C18H29N/c1-6-9-16(10-7-2)18-12-17(13-19-18)15(5)11-14(4)8-3/h8,11-12,16,19H,3,6-7,9-10,13H2,1-2,4-5H3/b14-11-,17-15-. The first kappa shape index (κ1) is 15.8. The van der Waals surface area contributed by atoms with E-state index in [1.807, 2.05) is 6.08 Å².